The van der Waals surface area contributed by atoms with Crippen LogP contribution in [0.2, 0.25) is 0 Å². The summed E-state index contributed by atoms with van der Waals surface area (Å²) in [4.78, 5) is 113. The van der Waals surface area contributed by atoms with Crippen molar-refractivity contribution in [1.29, 1.82) is 0 Å². The van der Waals surface area contributed by atoms with Gasteiger partial charge in [-0.3, -0.25) is 38.4 Å². The number of aliphatic hydroxyl groups excluding tert-OH is 7. The Kier molecular flexibility index (Phi) is 25.2. The van der Waals surface area contributed by atoms with Gasteiger partial charge in [0.2, 0.25) is 47.3 Å². The third-order valence-electron chi connectivity index (χ3n) is 14.6. The van der Waals surface area contributed by atoms with Gasteiger partial charge in [-0.05, 0) is 61.6 Å². The van der Waals surface area contributed by atoms with Gasteiger partial charge in [0.15, 0.2) is 0 Å². The van der Waals surface area contributed by atoms with E-state index in [0.717, 1.165) is 61.7 Å². The number of benzene rings is 1. The number of fused-ring (bicyclic) bond motifs is 2. The number of carbonyl (C=O) groups excluding carboxylic acids is 8. The number of carbonyl (C=O) groups is 8. The van der Waals surface area contributed by atoms with Crippen molar-refractivity contribution in [3.05, 3.63) is 29.3 Å². The van der Waals surface area contributed by atoms with E-state index in [1.54, 1.807) is 0 Å². The van der Waals surface area contributed by atoms with E-state index in [2.05, 4.69) is 47.4 Å². The van der Waals surface area contributed by atoms with Gasteiger partial charge in [0.05, 0.1) is 43.0 Å². The molecule has 1 aromatic rings. The second-order valence-electron chi connectivity index (χ2n) is 21.1. The summed E-state index contributed by atoms with van der Waals surface area (Å²) in [5.41, 5.74) is 5.91. The largest absolute Gasteiger partial charge is 0.508 e. The molecular weight excluding hydrogens is 993 g/mol. The molecule has 76 heavy (non-hydrogen) atoms. The number of phenols is 1. The summed E-state index contributed by atoms with van der Waals surface area (Å²) in [7, 11) is 0. The van der Waals surface area contributed by atoms with Crippen LogP contribution in [0.5, 0.6) is 5.75 Å². The first kappa shape index (κ1) is 63.0. The zero-order valence-corrected chi connectivity index (χ0v) is 44.3. The molecule has 4 rings (SSSR count). The number of rotatable bonds is 22. The van der Waals surface area contributed by atoms with Crippen LogP contribution in [0.1, 0.15) is 129 Å². The quantitative estimate of drug-likeness (QED) is 0.0529. The molecule has 3 fully saturated rings. The lowest BCUT2D eigenvalue weighted by atomic mass is 9.91. The average Bonchev–Trinajstić information content (AvgIpc) is 3.95. The fraction of sp³-hybridized carbons (Fsp3) is 0.731. The standard InChI is InChI=1S/C52H84N8O16/c1-5-28(2)20-29(3)12-10-8-6-7-9-11-13-42(70)55-35-23-33(63)26-54-50(74)46-38(66)16-18-59(46)52(76)45(40(68)25-41(53)69)58-49(73)44(39(67)22-31-14-15-37(65)32(21-31)17-19-61)57-48(72)36-24-34(64)27-60(36)51(75)43(30(4)62)56-47(35)71/h14-15,21,28-30,33-36,38-40,43-46,61-68H,5-13,16-20,22-27H2,1-4H3,(H2,53,69)(H,54,74)(H,55,70)(H,56,71)(H,57,72)(H,58,73)/t28?,29?,30-,33-,34-,35-,36+,38+,39+,40+,43+,44+,45+,46+/m1/s1. The van der Waals surface area contributed by atoms with Gasteiger partial charge >= 0.3 is 0 Å². The number of hydrogen-bond donors (Lipinski definition) is 14. The number of β-amino-alcohol motifs (C(OH)–C–C–N with tert-alkyl or cyclic N) is 1. The maximum atomic E-state index is 14.5. The molecule has 24 heteroatoms. The minimum absolute atomic E-state index is 0.00146. The number of nitrogens with zero attached hydrogens (tertiary/aromatic N) is 2. The van der Waals surface area contributed by atoms with E-state index in [4.69, 9.17) is 5.73 Å². The summed E-state index contributed by atoms with van der Waals surface area (Å²) in [5.74, 6) is -7.42. The van der Waals surface area contributed by atoms with Crippen LogP contribution in [0.4, 0.5) is 0 Å². The van der Waals surface area contributed by atoms with Crippen LogP contribution in [0, 0.1) is 11.8 Å². The smallest absolute Gasteiger partial charge is 0.248 e. The highest BCUT2D eigenvalue weighted by molar-refractivity contribution is 5.98. The topological polar surface area (TPSA) is 391 Å². The van der Waals surface area contributed by atoms with Crippen LogP contribution in [0.3, 0.4) is 0 Å². The molecule has 2 unspecified atom stereocenters. The van der Waals surface area contributed by atoms with E-state index in [1.807, 2.05) is 0 Å². The molecule has 0 aromatic heterocycles. The van der Waals surface area contributed by atoms with Crippen molar-refractivity contribution in [2.75, 3.05) is 26.2 Å². The van der Waals surface area contributed by atoms with E-state index in [1.165, 1.54) is 24.6 Å². The highest BCUT2D eigenvalue weighted by Crippen LogP contribution is 2.26. The molecule has 8 amide bonds. The summed E-state index contributed by atoms with van der Waals surface area (Å²) in [6, 6.07) is -6.92. The molecule has 15 N–H and O–H groups in total. The van der Waals surface area contributed by atoms with Crippen molar-refractivity contribution in [3.63, 3.8) is 0 Å². The first-order chi connectivity index (χ1) is 35.9. The number of amides is 8. The summed E-state index contributed by atoms with van der Waals surface area (Å²) >= 11 is 0. The van der Waals surface area contributed by atoms with Crippen LogP contribution < -0.4 is 32.3 Å². The van der Waals surface area contributed by atoms with Crippen molar-refractivity contribution < 1.29 is 79.2 Å². The Hall–Kier alpha value is -5.50. The lowest BCUT2D eigenvalue weighted by Gasteiger charge is -2.33. The lowest BCUT2D eigenvalue weighted by Crippen LogP contribution is -2.64. The van der Waals surface area contributed by atoms with E-state index in [0.29, 0.717) is 18.3 Å². The average molecular weight is 1080 g/mol. The molecule has 0 saturated carbocycles. The minimum Gasteiger partial charge on any atom is -0.508 e. The number of nitrogens with two attached hydrogens (primary N) is 1. The van der Waals surface area contributed by atoms with Gasteiger partial charge in [-0.15, -0.1) is 0 Å². The Labute approximate surface area is 443 Å². The van der Waals surface area contributed by atoms with E-state index >= 15 is 0 Å². The third kappa shape index (κ3) is 18.6. The number of phenolic OH excluding ortho intramolecular Hbond substituents is 1. The molecule has 0 spiro atoms. The molecule has 0 aliphatic carbocycles. The summed E-state index contributed by atoms with van der Waals surface area (Å²) in [6.45, 7) is 6.06. The van der Waals surface area contributed by atoms with Crippen LogP contribution in [0.25, 0.3) is 0 Å². The Morgan fingerprint density at radius 2 is 1.42 bits per heavy atom. The van der Waals surface area contributed by atoms with Crippen molar-refractivity contribution in [2.24, 2.45) is 17.6 Å². The molecule has 0 bridgehead atoms. The zero-order valence-electron chi connectivity index (χ0n) is 44.3. The molecule has 428 valence electrons. The minimum atomic E-state index is -2.13. The third-order valence-corrected chi connectivity index (χ3v) is 14.6. The first-order valence-corrected chi connectivity index (χ1v) is 26.8. The van der Waals surface area contributed by atoms with Gasteiger partial charge in [-0.25, -0.2) is 0 Å². The second-order valence-corrected chi connectivity index (χ2v) is 21.1. The summed E-state index contributed by atoms with van der Waals surface area (Å²) < 4.78 is 0. The SMILES string of the molecule is CCC(C)CC(C)CCCCCCCCC(=O)N[C@@H]1C[C@@H](O)CNC(=O)[C@@H]2[C@@H](O)CCN2C(=O)[C@H]([C@@H](O)CC(N)=O)NC(=O)[C@H]([C@@H](O)Cc2ccc(O)c(CCO)c2)NC(=O)[C@@H]2C[C@@H](O)CN2C(=O)[C@H]([C@@H](C)O)NC1=O. The van der Waals surface area contributed by atoms with E-state index < -0.39 is 159 Å². The highest BCUT2D eigenvalue weighted by Gasteiger charge is 2.48. The van der Waals surface area contributed by atoms with Crippen molar-refractivity contribution >= 4 is 47.3 Å². The number of nitrogens with one attached hydrogen (secondary N) is 5. The number of unbranched alkanes of at least 4 members (excludes halogenated alkanes) is 5. The number of hydrogen-bond acceptors (Lipinski definition) is 16. The van der Waals surface area contributed by atoms with Crippen molar-refractivity contribution in [2.45, 2.75) is 203 Å². The van der Waals surface area contributed by atoms with Crippen LogP contribution in [-0.2, 0) is 51.2 Å². The number of primary amides is 1. The molecule has 3 aliphatic rings. The molecule has 3 aliphatic heterocycles. The normalized spacial score (nSPS) is 27.4. The molecule has 0 radical (unpaired) electrons. The Bertz CT molecular complexity index is 2130. The maximum absolute atomic E-state index is 14.5. The second kappa shape index (κ2) is 30.4. The molecule has 1 aromatic carbocycles. The fourth-order valence-corrected chi connectivity index (χ4v) is 10.2. The Balaban J connectivity index is 1.67. The summed E-state index contributed by atoms with van der Waals surface area (Å²) in [6.07, 6.45) is -4.07. The molecule has 3 heterocycles. The summed E-state index contributed by atoms with van der Waals surface area (Å²) in [5, 5.41) is 99.1. The van der Waals surface area contributed by atoms with Gasteiger partial charge in [0.25, 0.3) is 0 Å². The molecule has 3 saturated heterocycles. The predicted octanol–water partition coefficient (Wildman–Crippen LogP) is -2.62. The van der Waals surface area contributed by atoms with Gasteiger partial charge in [-0.2, -0.15) is 0 Å². The first-order valence-electron chi connectivity index (χ1n) is 26.8. The van der Waals surface area contributed by atoms with Gasteiger partial charge < -0.3 is 83.0 Å². The van der Waals surface area contributed by atoms with Gasteiger partial charge in [0, 0.05) is 51.9 Å². The van der Waals surface area contributed by atoms with Crippen molar-refractivity contribution in [1.82, 2.24) is 36.4 Å². The predicted molar refractivity (Wildman–Crippen MR) is 274 cm³/mol. The monoisotopic (exact) mass is 1080 g/mol. The number of aromatic hydroxyl groups is 1. The highest BCUT2D eigenvalue weighted by atomic mass is 16.3. The van der Waals surface area contributed by atoms with E-state index in [9.17, 15) is 79.2 Å². The molecule has 24 nitrogen and oxygen atoms in total. The lowest BCUT2D eigenvalue weighted by molar-refractivity contribution is -0.147. The Morgan fingerprint density at radius 1 is 0.776 bits per heavy atom. The zero-order chi connectivity index (χ0) is 56.4. The van der Waals surface area contributed by atoms with Crippen LogP contribution in [-0.4, -0.2) is 197 Å². The maximum Gasteiger partial charge on any atom is 0.248 e. The Morgan fingerprint density at radius 3 is 2.08 bits per heavy atom. The van der Waals surface area contributed by atoms with E-state index in [-0.39, 0.29) is 49.3 Å². The van der Waals surface area contributed by atoms with Gasteiger partial charge in [-0.1, -0.05) is 77.8 Å². The molecule has 14 atom stereocenters. The van der Waals surface area contributed by atoms with Gasteiger partial charge in [0.1, 0.15) is 42.0 Å². The van der Waals surface area contributed by atoms with Crippen LogP contribution in [0.15, 0.2) is 18.2 Å². The number of aliphatic hydroxyl groups is 7. The van der Waals surface area contributed by atoms with Crippen molar-refractivity contribution in [3.8, 4) is 5.75 Å². The fourth-order valence-electron chi connectivity index (χ4n) is 10.2. The molecular formula is C52H84N8O16. The van der Waals surface area contributed by atoms with Crippen LogP contribution >= 0.6 is 0 Å².